The van der Waals surface area contributed by atoms with Crippen LogP contribution in [0.1, 0.15) is 5.56 Å². The highest BCUT2D eigenvalue weighted by atomic mass is 35.5. The molecule has 0 unspecified atom stereocenters. The van der Waals surface area contributed by atoms with Gasteiger partial charge < -0.3 is 10.1 Å². The van der Waals surface area contributed by atoms with Crippen LogP contribution in [0, 0.1) is 0 Å². The lowest BCUT2D eigenvalue weighted by Crippen LogP contribution is -2.32. The fourth-order valence-corrected chi connectivity index (χ4v) is 2.08. The van der Waals surface area contributed by atoms with E-state index < -0.39 is 11.8 Å². The third-order valence-corrected chi connectivity index (χ3v) is 3.72. The number of nitrogens with one attached hydrogen (secondary N) is 2. The number of hydrogen-bond acceptors (Lipinski definition) is 4. The number of nitrogens with zero attached hydrogens (tertiary/aromatic N) is 1. The van der Waals surface area contributed by atoms with Crippen molar-refractivity contribution >= 4 is 46.9 Å². The van der Waals surface area contributed by atoms with E-state index in [0.29, 0.717) is 27.0 Å². The SMILES string of the molecule is COc1cccc(NC(=O)C(=O)N/N=C/c2cccc(Cl)c2Cl)c1. The van der Waals surface area contributed by atoms with Crippen LogP contribution in [0.2, 0.25) is 10.0 Å². The molecule has 24 heavy (non-hydrogen) atoms. The predicted octanol–water partition coefficient (Wildman–Crippen LogP) is 3.09. The molecule has 8 heteroatoms. The Balaban J connectivity index is 1.95. The lowest BCUT2D eigenvalue weighted by Gasteiger charge is -2.06. The molecule has 0 heterocycles. The van der Waals surface area contributed by atoms with Gasteiger partial charge in [-0.25, -0.2) is 5.43 Å². The van der Waals surface area contributed by atoms with Crippen LogP contribution in [0.4, 0.5) is 5.69 Å². The van der Waals surface area contributed by atoms with E-state index in [4.69, 9.17) is 27.9 Å². The van der Waals surface area contributed by atoms with Crippen molar-refractivity contribution in [2.24, 2.45) is 5.10 Å². The molecule has 124 valence electrons. The van der Waals surface area contributed by atoms with Crippen molar-refractivity contribution in [1.29, 1.82) is 0 Å². The maximum absolute atomic E-state index is 11.8. The van der Waals surface area contributed by atoms with Crippen LogP contribution >= 0.6 is 23.2 Å². The summed E-state index contributed by atoms with van der Waals surface area (Å²) < 4.78 is 5.03. The van der Waals surface area contributed by atoms with Crippen LogP contribution < -0.4 is 15.5 Å². The Morgan fingerprint density at radius 1 is 1.12 bits per heavy atom. The van der Waals surface area contributed by atoms with Crippen molar-refractivity contribution < 1.29 is 14.3 Å². The summed E-state index contributed by atoms with van der Waals surface area (Å²) in [7, 11) is 1.50. The van der Waals surface area contributed by atoms with Gasteiger partial charge >= 0.3 is 11.8 Å². The first-order chi connectivity index (χ1) is 11.5. The number of ether oxygens (including phenoxy) is 1. The molecule has 0 atom stereocenters. The van der Waals surface area contributed by atoms with Crippen molar-refractivity contribution in [3.05, 3.63) is 58.1 Å². The Labute approximate surface area is 148 Å². The van der Waals surface area contributed by atoms with Gasteiger partial charge in [-0.3, -0.25) is 9.59 Å². The van der Waals surface area contributed by atoms with E-state index in [-0.39, 0.29) is 0 Å². The molecule has 6 nitrogen and oxygen atoms in total. The number of carbonyl (C=O) groups is 2. The molecule has 0 aliphatic rings. The summed E-state index contributed by atoms with van der Waals surface area (Å²) in [5, 5.41) is 6.79. The van der Waals surface area contributed by atoms with Crippen molar-refractivity contribution in [2.45, 2.75) is 0 Å². The fourth-order valence-electron chi connectivity index (χ4n) is 1.72. The van der Waals surface area contributed by atoms with Crippen molar-refractivity contribution in [3.63, 3.8) is 0 Å². The molecule has 0 aromatic heterocycles. The number of amides is 2. The Morgan fingerprint density at radius 3 is 2.62 bits per heavy atom. The monoisotopic (exact) mass is 365 g/mol. The van der Waals surface area contributed by atoms with Crippen molar-refractivity contribution in [3.8, 4) is 5.75 Å². The number of anilines is 1. The van der Waals surface area contributed by atoms with E-state index in [2.05, 4.69) is 15.8 Å². The van der Waals surface area contributed by atoms with Crippen molar-refractivity contribution in [1.82, 2.24) is 5.43 Å². The van der Waals surface area contributed by atoms with Crippen LogP contribution in [-0.4, -0.2) is 25.1 Å². The molecule has 0 saturated heterocycles. The second kappa shape index (κ2) is 8.33. The first-order valence-electron chi connectivity index (χ1n) is 6.73. The molecule has 2 N–H and O–H groups in total. The topological polar surface area (TPSA) is 79.8 Å². The number of halogens is 2. The quantitative estimate of drug-likeness (QED) is 0.496. The highest BCUT2D eigenvalue weighted by molar-refractivity contribution is 6.43. The van der Waals surface area contributed by atoms with E-state index in [1.165, 1.54) is 13.3 Å². The Bertz CT molecular complexity index is 794. The van der Waals surface area contributed by atoms with Gasteiger partial charge in [-0.1, -0.05) is 41.4 Å². The molecule has 0 bridgehead atoms. The van der Waals surface area contributed by atoms with Gasteiger partial charge in [0.1, 0.15) is 5.75 Å². The third-order valence-electron chi connectivity index (χ3n) is 2.89. The molecule has 0 fully saturated rings. The summed E-state index contributed by atoms with van der Waals surface area (Å²) in [5.74, 6) is -1.23. The Morgan fingerprint density at radius 2 is 1.88 bits per heavy atom. The fraction of sp³-hybridized carbons (Fsp3) is 0.0625. The average Bonchev–Trinajstić information content (AvgIpc) is 2.58. The standard InChI is InChI=1S/C16H13Cl2N3O3/c1-24-12-6-3-5-11(8-12)20-15(22)16(23)21-19-9-10-4-2-7-13(17)14(10)18/h2-9H,1H3,(H,20,22)(H,21,23)/b19-9+. The molecule has 2 rings (SSSR count). The van der Waals surface area contributed by atoms with Gasteiger partial charge in [0, 0.05) is 17.3 Å². The van der Waals surface area contributed by atoms with Crippen LogP contribution in [-0.2, 0) is 9.59 Å². The first kappa shape index (κ1) is 17.8. The van der Waals surface area contributed by atoms with E-state index in [1.54, 1.807) is 42.5 Å². The molecule has 2 aromatic carbocycles. The number of hydrazone groups is 1. The van der Waals surface area contributed by atoms with Crippen molar-refractivity contribution in [2.75, 3.05) is 12.4 Å². The number of benzene rings is 2. The lowest BCUT2D eigenvalue weighted by atomic mass is 10.2. The van der Waals surface area contributed by atoms with Crippen LogP contribution in [0.25, 0.3) is 0 Å². The molecule has 0 spiro atoms. The summed E-state index contributed by atoms with van der Waals surface area (Å²) in [6.07, 6.45) is 1.30. The normalized spacial score (nSPS) is 10.5. The summed E-state index contributed by atoms with van der Waals surface area (Å²) in [6, 6.07) is 11.6. The van der Waals surface area contributed by atoms with Gasteiger partial charge in [0.05, 0.1) is 23.4 Å². The number of methoxy groups -OCH3 is 1. The highest BCUT2D eigenvalue weighted by Gasteiger charge is 2.13. The van der Waals surface area contributed by atoms with Gasteiger partial charge in [0.15, 0.2) is 0 Å². The smallest absolute Gasteiger partial charge is 0.329 e. The molecular weight excluding hydrogens is 353 g/mol. The first-order valence-corrected chi connectivity index (χ1v) is 7.49. The Kier molecular flexibility index (Phi) is 6.17. The van der Waals surface area contributed by atoms with E-state index in [9.17, 15) is 9.59 Å². The minimum absolute atomic E-state index is 0.304. The molecule has 2 aromatic rings. The number of carbonyl (C=O) groups excluding carboxylic acids is 2. The minimum atomic E-state index is -0.924. The summed E-state index contributed by atoms with van der Waals surface area (Å²) in [4.78, 5) is 23.5. The van der Waals surface area contributed by atoms with Crippen LogP contribution in [0.3, 0.4) is 0 Å². The highest BCUT2D eigenvalue weighted by Crippen LogP contribution is 2.24. The third kappa shape index (κ3) is 4.71. The minimum Gasteiger partial charge on any atom is -0.497 e. The average molecular weight is 366 g/mol. The van der Waals surface area contributed by atoms with Gasteiger partial charge in [-0.05, 0) is 18.2 Å². The van der Waals surface area contributed by atoms with Gasteiger partial charge in [0.25, 0.3) is 0 Å². The molecular formula is C16H13Cl2N3O3. The van der Waals surface area contributed by atoms with E-state index >= 15 is 0 Å². The maximum atomic E-state index is 11.8. The number of hydrogen-bond donors (Lipinski definition) is 2. The largest absolute Gasteiger partial charge is 0.497 e. The maximum Gasteiger partial charge on any atom is 0.329 e. The van der Waals surface area contributed by atoms with Gasteiger partial charge in [-0.15, -0.1) is 0 Å². The Hall–Kier alpha value is -2.57. The van der Waals surface area contributed by atoms with Crippen LogP contribution in [0.5, 0.6) is 5.75 Å². The molecule has 0 radical (unpaired) electrons. The lowest BCUT2D eigenvalue weighted by molar-refractivity contribution is -0.136. The zero-order valence-corrected chi connectivity index (χ0v) is 14.1. The molecule has 0 saturated carbocycles. The van der Waals surface area contributed by atoms with Gasteiger partial charge in [0.2, 0.25) is 0 Å². The molecule has 0 aliphatic heterocycles. The second-order valence-corrected chi connectivity index (χ2v) is 5.31. The number of rotatable bonds is 4. The molecule has 0 aliphatic carbocycles. The summed E-state index contributed by atoms with van der Waals surface area (Å²) in [5.41, 5.74) is 3.05. The summed E-state index contributed by atoms with van der Waals surface area (Å²) >= 11 is 11.8. The molecule has 2 amide bonds. The van der Waals surface area contributed by atoms with Gasteiger partial charge in [-0.2, -0.15) is 5.10 Å². The summed E-state index contributed by atoms with van der Waals surface area (Å²) in [6.45, 7) is 0. The second-order valence-electron chi connectivity index (χ2n) is 4.53. The van der Waals surface area contributed by atoms with E-state index in [0.717, 1.165) is 0 Å². The van der Waals surface area contributed by atoms with Crippen LogP contribution in [0.15, 0.2) is 47.6 Å². The zero-order valence-electron chi connectivity index (χ0n) is 12.5. The zero-order chi connectivity index (χ0) is 17.5. The predicted molar refractivity (Wildman–Crippen MR) is 93.8 cm³/mol. The van der Waals surface area contributed by atoms with E-state index in [1.807, 2.05) is 0 Å².